The summed E-state index contributed by atoms with van der Waals surface area (Å²) in [6.07, 6.45) is 0. The Bertz CT molecular complexity index is 1380. The third-order valence-electron chi connectivity index (χ3n) is 6.35. The zero-order chi connectivity index (χ0) is 24.7. The molecule has 0 aromatic heterocycles. The highest BCUT2D eigenvalue weighted by molar-refractivity contribution is 6.04. The van der Waals surface area contributed by atoms with Gasteiger partial charge in [-0.3, -0.25) is 0 Å². The number of ether oxygens (including phenoxy) is 2. The summed E-state index contributed by atoms with van der Waals surface area (Å²) < 4.78 is 10.9. The van der Waals surface area contributed by atoms with Crippen LogP contribution in [0.5, 0.6) is 11.5 Å². The standard InChI is InChI=1S/C34H28O2/c1-35-31-21-17-29(18-22-31)34(30-19-23-32(36-2)24-20-30)33(27-11-7-4-8-12-27)28-15-13-26(14-16-28)25-9-5-3-6-10-25/h3-24H,1-2H3. The average Bonchev–Trinajstić information content (AvgIpc) is 2.97. The fourth-order valence-corrected chi connectivity index (χ4v) is 4.49. The first-order valence-corrected chi connectivity index (χ1v) is 12.0. The van der Waals surface area contributed by atoms with E-state index in [2.05, 4.69) is 103 Å². The van der Waals surface area contributed by atoms with Gasteiger partial charge in [0.25, 0.3) is 0 Å². The average molecular weight is 469 g/mol. The van der Waals surface area contributed by atoms with Gasteiger partial charge in [0.2, 0.25) is 0 Å². The summed E-state index contributed by atoms with van der Waals surface area (Å²) in [5, 5.41) is 0. The Hall–Kier alpha value is -4.56. The summed E-state index contributed by atoms with van der Waals surface area (Å²) in [7, 11) is 3.39. The summed E-state index contributed by atoms with van der Waals surface area (Å²) in [5.41, 5.74) is 9.28. The van der Waals surface area contributed by atoms with Gasteiger partial charge in [0, 0.05) is 0 Å². The summed E-state index contributed by atoms with van der Waals surface area (Å²) >= 11 is 0. The maximum absolute atomic E-state index is 5.44. The molecule has 5 rings (SSSR count). The van der Waals surface area contributed by atoms with Gasteiger partial charge in [0.1, 0.15) is 11.5 Å². The van der Waals surface area contributed by atoms with Crippen LogP contribution in [-0.2, 0) is 0 Å². The summed E-state index contributed by atoms with van der Waals surface area (Å²) in [5.74, 6) is 1.67. The molecule has 0 unspecified atom stereocenters. The van der Waals surface area contributed by atoms with Gasteiger partial charge in [0.05, 0.1) is 14.2 Å². The van der Waals surface area contributed by atoms with Gasteiger partial charge in [-0.15, -0.1) is 0 Å². The van der Waals surface area contributed by atoms with Crippen LogP contribution in [0.2, 0.25) is 0 Å². The normalized spacial score (nSPS) is 10.5. The van der Waals surface area contributed by atoms with Crippen molar-refractivity contribution in [2.24, 2.45) is 0 Å². The van der Waals surface area contributed by atoms with Crippen molar-refractivity contribution in [1.29, 1.82) is 0 Å². The molecule has 176 valence electrons. The lowest BCUT2D eigenvalue weighted by atomic mass is 9.85. The van der Waals surface area contributed by atoms with E-state index in [0.29, 0.717) is 0 Å². The molecular formula is C34H28O2. The summed E-state index contributed by atoms with van der Waals surface area (Å²) in [6, 6.07) is 46.5. The van der Waals surface area contributed by atoms with Crippen molar-refractivity contribution < 1.29 is 9.47 Å². The molecule has 0 fully saturated rings. The third kappa shape index (κ3) is 4.94. The molecule has 0 heterocycles. The van der Waals surface area contributed by atoms with Gasteiger partial charge >= 0.3 is 0 Å². The van der Waals surface area contributed by atoms with Gasteiger partial charge in [-0.1, -0.05) is 109 Å². The monoisotopic (exact) mass is 468 g/mol. The zero-order valence-corrected chi connectivity index (χ0v) is 20.5. The Balaban J connectivity index is 1.75. The van der Waals surface area contributed by atoms with E-state index in [-0.39, 0.29) is 0 Å². The SMILES string of the molecule is COc1ccc(C(=C(c2ccccc2)c2ccc(-c3ccccc3)cc2)c2ccc(OC)cc2)cc1. The first-order chi connectivity index (χ1) is 17.8. The van der Waals surface area contributed by atoms with Crippen LogP contribution < -0.4 is 9.47 Å². The molecule has 2 nitrogen and oxygen atoms in total. The van der Waals surface area contributed by atoms with Crippen LogP contribution in [0.4, 0.5) is 0 Å². The van der Waals surface area contributed by atoms with Gasteiger partial charge in [-0.25, -0.2) is 0 Å². The minimum atomic E-state index is 0.835. The zero-order valence-electron chi connectivity index (χ0n) is 20.5. The van der Waals surface area contributed by atoms with E-state index < -0.39 is 0 Å². The van der Waals surface area contributed by atoms with E-state index in [0.717, 1.165) is 39.3 Å². The molecule has 0 spiro atoms. The highest BCUT2D eigenvalue weighted by Crippen LogP contribution is 2.38. The van der Waals surface area contributed by atoms with E-state index in [4.69, 9.17) is 9.47 Å². The van der Waals surface area contributed by atoms with E-state index in [1.807, 2.05) is 30.3 Å². The second-order valence-corrected chi connectivity index (χ2v) is 8.52. The fraction of sp³-hybridized carbons (Fsp3) is 0.0588. The first-order valence-electron chi connectivity index (χ1n) is 12.0. The number of hydrogen-bond acceptors (Lipinski definition) is 2. The topological polar surface area (TPSA) is 18.5 Å². The third-order valence-corrected chi connectivity index (χ3v) is 6.35. The molecule has 0 atom stereocenters. The Kier molecular flexibility index (Phi) is 6.95. The number of rotatable bonds is 7. The van der Waals surface area contributed by atoms with E-state index in [1.54, 1.807) is 14.2 Å². The second kappa shape index (κ2) is 10.8. The number of hydrogen-bond donors (Lipinski definition) is 0. The Morgan fingerprint density at radius 2 is 0.694 bits per heavy atom. The van der Waals surface area contributed by atoms with Crippen LogP contribution in [0, 0.1) is 0 Å². The quantitative estimate of drug-likeness (QED) is 0.223. The Morgan fingerprint density at radius 3 is 1.11 bits per heavy atom. The minimum Gasteiger partial charge on any atom is -0.497 e. The smallest absolute Gasteiger partial charge is 0.118 e. The maximum atomic E-state index is 5.44. The molecule has 0 saturated heterocycles. The van der Waals surface area contributed by atoms with Crippen molar-refractivity contribution >= 4 is 11.1 Å². The highest BCUT2D eigenvalue weighted by Gasteiger charge is 2.17. The Labute approximate surface area is 213 Å². The van der Waals surface area contributed by atoms with Crippen LogP contribution in [0.1, 0.15) is 22.3 Å². The fourth-order valence-electron chi connectivity index (χ4n) is 4.49. The molecular weight excluding hydrogens is 440 g/mol. The lowest BCUT2D eigenvalue weighted by Crippen LogP contribution is -1.98. The van der Waals surface area contributed by atoms with Crippen LogP contribution in [0.15, 0.2) is 133 Å². The largest absolute Gasteiger partial charge is 0.497 e. The number of methoxy groups -OCH3 is 2. The molecule has 5 aromatic rings. The molecule has 0 aliphatic carbocycles. The van der Waals surface area contributed by atoms with Crippen molar-refractivity contribution in [3.8, 4) is 22.6 Å². The second-order valence-electron chi connectivity index (χ2n) is 8.52. The van der Waals surface area contributed by atoms with Gasteiger partial charge < -0.3 is 9.47 Å². The minimum absolute atomic E-state index is 0.835. The van der Waals surface area contributed by atoms with Crippen LogP contribution in [0.3, 0.4) is 0 Å². The predicted molar refractivity (Wildman–Crippen MR) is 149 cm³/mol. The molecule has 5 aromatic carbocycles. The molecule has 36 heavy (non-hydrogen) atoms. The lowest BCUT2D eigenvalue weighted by molar-refractivity contribution is 0.414. The van der Waals surface area contributed by atoms with E-state index in [9.17, 15) is 0 Å². The highest BCUT2D eigenvalue weighted by atomic mass is 16.5. The lowest BCUT2D eigenvalue weighted by Gasteiger charge is -2.19. The molecule has 0 aliphatic rings. The van der Waals surface area contributed by atoms with E-state index >= 15 is 0 Å². The van der Waals surface area contributed by atoms with Crippen molar-refractivity contribution in [3.63, 3.8) is 0 Å². The summed E-state index contributed by atoms with van der Waals surface area (Å²) in [4.78, 5) is 0. The predicted octanol–water partition coefficient (Wildman–Crippen LogP) is 8.38. The van der Waals surface area contributed by atoms with Crippen molar-refractivity contribution in [3.05, 3.63) is 156 Å². The van der Waals surface area contributed by atoms with Crippen LogP contribution >= 0.6 is 0 Å². The number of benzene rings is 5. The molecule has 0 N–H and O–H groups in total. The molecule has 0 bridgehead atoms. The molecule has 0 amide bonds. The molecule has 0 aliphatic heterocycles. The molecule has 0 saturated carbocycles. The van der Waals surface area contributed by atoms with Crippen LogP contribution in [-0.4, -0.2) is 14.2 Å². The Morgan fingerprint density at radius 1 is 0.361 bits per heavy atom. The van der Waals surface area contributed by atoms with Gasteiger partial charge in [-0.2, -0.15) is 0 Å². The maximum Gasteiger partial charge on any atom is 0.118 e. The van der Waals surface area contributed by atoms with Gasteiger partial charge in [-0.05, 0) is 68.8 Å². The molecule has 2 heteroatoms. The van der Waals surface area contributed by atoms with Crippen LogP contribution in [0.25, 0.3) is 22.3 Å². The molecule has 0 radical (unpaired) electrons. The first kappa shape index (κ1) is 23.2. The van der Waals surface area contributed by atoms with Crippen molar-refractivity contribution in [1.82, 2.24) is 0 Å². The van der Waals surface area contributed by atoms with Crippen molar-refractivity contribution in [2.45, 2.75) is 0 Å². The van der Waals surface area contributed by atoms with Crippen molar-refractivity contribution in [2.75, 3.05) is 14.2 Å². The van der Waals surface area contributed by atoms with Gasteiger partial charge in [0.15, 0.2) is 0 Å². The van der Waals surface area contributed by atoms with E-state index in [1.165, 1.54) is 16.7 Å². The summed E-state index contributed by atoms with van der Waals surface area (Å²) in [6.45, 7) is 0.